The number of rotatable bonds is 4. The average Bonchev–Trinajstić information content (AvgIpc) is 3.45. The Morgan fingerprint density at radius 3 is 3.07 bits per heavy atom. The summed E-state index contributed by atoms with van der Waals surface area (Å²) >= 11 is 1.43. The predicted octanol–water partition coefficient (Wildman–Crippen LogP) is 2.88. The van der Waals surface area contributed by atoms with Crippen LogP contribution < -0.4 is 5.32 Å². The number of carbonyl (C=O) groups is 1. The van der Waals surface area contributed by atoms with Gasteiger partial charge in [-0.05, 0) is 11.5 Å². The SMILES string of the molecule is CO[C@@H]1COC[C@H]1n1cc(C(=O)Nc2nc3c(ccc4ccccc43)s2)nn1. The number of nitrogens with one attached hydrogen (secondary N) is 1. The molecule has 1 aliphatic heterocycles. The first-order valence-corrected chi connectivity index (χ1v) is 9.66. The summed E-state index contributed by atoms with van der Waals surface area (Å²) in [7, 11) is 1.63. The van der Waals surface area contributed by atoms with E-state index in [2.05, 4.69) is 26.7 Å². The molecule has 8 nitrogen and oxygen atoms in total. The summed E-state index contributed by atoms with van der Waals surface area (Å²) in [6.45, 7) is 0.982. The standard InChI is InChI=1S/C19H17N5O3S/c1-26-15-10-27-9-14(15)24-8-13(22-23-24)18(25)21-19-20-17-12-5-3-2-4-11(12)6-7-16(17)28-19/h2-8,14-15H,9-10H2,1H3,(H,20,21,25)/t14-,15-/m1/s1. The van der Waals surface area contributed by atoms with Gasteiger partial charge in [-0.2, -0.15) is 0 Å². The van der Waals surface area contributed by atoms with Crippen LogP contribution in [0.1, 0.15) is 16.5 Å². The number of hydrogen-bond acceptors (Lipinski definition) is 7. The maximum absolute atomic E-state index is 12.6. The van der Waals surface area contributed by atoms with Crippen LogP contribution in [0.2, 0.25) is 0 Å². The van der Waals surface area contributed by atoms with E-state index in [4.69, 9.17) is 9.47 Å². The van der Waals surface area contributed by atoms with Crippen molar-refractivity contribution in [1.29, 1.82) is 0 Å². The Labute approximate surface area is 164 Å². The van der Waals surface area contributed by atoms with E-state index in [1.165, 1.54) is 11.3 Å². The van der Waals surface area contributed by atoms with Gasteiger partial charge in [0, 0.05) is 12.5 Å². The fraction of sp³-hybridized carbons (Fsp3) is 0.263. The maximum Gasteiger partial charge on any atom is 0.279 e. The molecule has 0 unspecified atom stereocenters. The Kier molecular flexibility index (Phi) is 4.27. The Morgan fingerprint density at radius 1 is 1.29 bits per heavy atom. The summed E-state index contributed by atoms with van der Waals surface area (Å²) < 4.78 is 13.5. The molecule has 5 rings (SSSR count). The molecule has 9 heteroatoms. The van der Waals surface area contributed by atoms with Crippen molar-refractivity contribution in [3.05, 3.63) is 48.3 Å². The predicted molar refractivity (Wildman–Crippen MR) is 106 cm³/mol. The number of ether oxygens (including phenoxy) is 2. The van der Waals surface area contributed by atoms with Crippen LogP contribution in [0.5, 0.6) is 0 Å². The van der Waals surface area contributed by atoms with Gasteiger partial charge in [-0.1, -0.05) is 46.9 Å². The highest BCUT2D eigenvalue weighted by molar-refractivity contribution is 7.22. The first kappa shape index (κ1) is 17.2. The molecule has 1 amide bonds. The third-order valence-electron chi connectivity index (χ3n) is 4.89. The zero-order chi connectivity index (χ0) is 19.1. The molecule has 0 aliphatic carbocycles. The number of hydrogen-bond donors (Lipinski definition) is 1. The molecule has 1 saturated heterocycles. The van der Waals surface area contributed by atoms with Gasteiger partial charge in [0.1, 0.15) is 12.1 Å². The monoisotopic (exact) mass is 395 g/mol. The van der Waals surface area contributed by atoms with Crippen LogP contribution in [0.15, 0.2) is 42.6 Å². The minimum absolute atomic E-state index is 0.0899. The van der Waals surface area contributed by atoms with Crippen LogP contribution in [0.25, 0.3) is 21.0 Å². The molecule has 2 aromatic heterocycles. The maximum atomic E-state index is 12.6. The van der Waals surface area contributed by atoms with E-state index in [-0.39, 0.29) is 23.7 Å². The molecule has 142 valence electrons. The molecule has 0 bridgehead atoms. The van der Waals surface area contributed by atoms with Gasteiger partial charge in [0.15, 0.2) is 10.8 Å². The number of fused-ring (bicyclic) bond motifs is 3. The van der Waals surface area contributed by atoms with Gasteiger partial charge >= 0.3 is 0 Å². The summed E-state index contributed by atoms with van der Waals surface area (Å²) in [6, 6.07) is 12.0. The number of aromatic nitrogens is 4. The number of thiazole rings is 1. The van der Waals surface area contributed by atoms with Crippen molar-refractivity contribution in [2.75, 3.05) is 25.6 Å². The quantitative estimate of drug-likeness (QED) is 0.571. The smallest absolute Gasteiger partial charge is 0.279 e. The topological polar surface area (TPSA) is 91.2 Å². The second-order valence-corrected chi connectivity index (χ2v) is 7.60. The van der Waals surface area contributed by atoms with Gasteiger partial charge in [-0.3, -0.25) is 10.1 Å². The summed E-state index contributed by atoms with van der Waals surface area (Å²) in [5.41, 5.74) is 1.11. The molecule has 4 aromatic rings. The van der Waals surface area contributed by atoms with Gasteiger partial charge < -0.3 is 9.47 Å². The number of carbonyl (C=O) groups excluding carboxylic acids is 1. The molecular formula is C19H17N5O3S. The fourth-order valence-corrected chi connectivity index (χ4v) is 4.29. The summed E-state index contributed by atoms with van der Waals surface area (Å²) in [4.78, 5) is 17.2. The number of methoxy groups -OCH3 is 1. The zero-order valence-electron chi connectivity index (χ0n) is 15.0. The highest BCUT2D eigenvalue weighted by atomic mass is 32.1. The molecule has 1 aliphatic rings. The van der Waals surface area contributed by atoms with Gasteiger partial charge in [-0.15, -0.1) is 5.10 Å². The average molecular weight is 395 g/mol. The second-order valence-electron chi connectivity index (χ2n) is 6.57. The fourth-order valence-electron chi connectivity index (χ4n) is 3.41. The largest absolute Gasteiger partial charge is 0.377 e. The Morgan fingerprint density at radius 2 is 2.18 bits per heavy atom. The summed E-state index contributed by atoms with van der Waals surface area (Å²) in [5.74, 6) is -0.345. The van der Waals surface area contributed by atoms with E-state index in [0.29, 0.717) is 18.3 Å². The lowest BCUT2D eigenvalue weighted by Gasteiger charge is -2.15. The van der Waals surface area contributed by atoms with Crippen LogP contribution in [0.3, 0.4) is 0 Å². The van der Waals surface area contributed by atoms with Crippen molar-refractivity contribution in [2.24, 2.45) is 0 Å². The molecule has 0 radical (unpaired) electrons. The second kappa shape index (κ2) is 6.93. The van der Waals surface area contributed by atoms with E-state index in [1.54, 1.807) is 18.0 Å². The van der Waals surface area contributed by atoms with Crippen molar-refractivity contribution in [1.82, 2.24) is 20.0 Å². The third-order valence-corrected chi connectivity index (χ3v) is 5.83. The van der Waals surface area contributed by atoms with Crippen LogP contribution in [-0.2, 0) is 9.47 Å². The first-order chi connectivity index (χ1) is 13.7. The molecule has 2 aromatic carbocycles. The van der Waals surface area contributed by atoms with E-state index < -0.39 is 0 Å². The summed E-state index contributed by atoms with van der Waals surface area (Å²) in [5, 5.41) is 13.6. The van der Waals surface area contributed by atoms with E-state index in [9.17, 15) is 4.79 Å². The zero-order valence-corrected chi connectivity index (χ0v) is 15.8. The van der Waals surface area contributed by atoms with Crippen LogP contribution >= 0.6 is 11.3 Å². The number of anilines is 1. The molecule has 3 heterocycles. The first-order valence-electron chi connectivity index (χ1n) is 8.85. The van der Waals surface area contributed by atoms with Crippen LogP contribution in [-0.4, -0.2) is 52.3 Å². The van der Waals surface area contributed by atoms with Crippen LogP contribution in [0, 0.1) is 0 Å². The number of benzene rings is 2. The van der Waals surface area contributed by atoms with Crippen LogP contribution in [0.4, 0.5) is 5.13 Å². The van der Waals surface area contributed by atoms with Crippen molar-refractivity contribution in [3.63, 3.8) is 0 Å². The highest BCUT2D eigenvalue weighted by Crippen LogP contribution is 2.31. The van der Waals surface area contributed by atoms with E-state index in [0.717, 1.165) is 21.0 Å². The van der Waals surface area contributed by atoms with Gasteiger partial charge in [0.2, 0.25) is 0 Å². The number of nitrogens with zero attached hydrogens (tertiary/aromatic N) is 4. The van der Waals surface area contributed by atoms with Crippen molar-refractivity contribution >= 4 is 43.4 Å². The lowest BCUT2D eigenvalue weighted by molar-refractivity contribution is 0.0661. The third kappa shape index (κ3) is 2.93. The lowest BCUT2D eigenvalue weighted by atomic mass is 10.1. The van der Waals surface area contributed by atoms with Gasteiger partial charge in [0.25, 0.3) is 5.91 Å². The molecular weight excluding hydrogens is 378 g/mol. The molecule has 28 heavy (non-hydrogen) atoms. The Hall–Kier alpha value is -2.88. The molecule has 2 atom stereocenters. The van der Waals surface area contributed by atoms with Gasteiger partial charge in [-0.25, -0.2) is 9.67 Å². The van der Waals surface area contributed by atoms with Crippen molar-refractivity contribution in [3.8, 4) is 0 Å². The molecule has 0 saturated carbocycles. The van der Waals surface area contributed by atoms with Gasteiger partial charge in [0.05, 0.1) is 29.6 Å². The normalized spacial score (nSPS) is 19.5. The lowest BCUT2D eigenvalue weighted by Crippen LogP contribution is -2.24. The molecule has 1 fully saturated rings. The Balaban J connectivity index is 1.39. The van der Waals surface area contributed by atoms with Crippen molar-refractivity contribution in [2.45, 2.75) is 12.1 Å². The van der Waals surface area contributed by atoms with Crippen molar-refractivity contribution < 1.29 is 14.3 Å². The summed E-state index contributed by atoms with van der Waals surface area (Å²) in [6.07, 6.45) is 1.51. The van der Waals surface area contributed by atoms with E-state index >= 15 is 0 Å². The minimum atomic E-state index is -0.345. The molecule has 1 N–H and O–H groups in total. The minimum Gasteiger partial charge on any atom is -0.377 e. The highest BCUT2D eigenvalue weighted by Gasteiger charge is 2.31. The van der Waals surface area contributed by atoms with E-state index in [1.807, 2.05) is 30.3 Å². The number of amides is 1. The molecule has 0 spiro atoms. The Bertz CT molecular complexity index is 1170.